The quantitative estimate of drug-likeness (QED) is 0.776. The van der Waals surface area contributed by atoms with E-state index in [-0.39, 0.29) is 11.8 Å². The van der Waals surface area contributed by atoms with Gasteiger partial charge in [0.15, 0.2) is 5.17 Å². The normalized spacial score (nSPS) is 21.4. The molecule has 0 atom stereocenters. The number of halogens is 2. The number of carbonyl (C=O) groups is 1. The van der Waals surface area contributed by atoms with Crippen LogP contribution < -0.4 is 0 Å². The van der Waals surface area contributed by atoms with E-state index in [9.17, 15) is 4.79 Å². The number of amidine groups is 1. The van der Waals surface area contributed by atoms with Gasteiger partial charge in [-0.1, -0.05) is 47.8 Å². The average molecular weight is 343 g/mol. The first-order valence-electron chi connectivity index (χ1n) is 7.13. The fraction of sp³-hybridized carbons (Fsp3) is 0.467. The summed E-state index contributed by atoms with van der Waals surface area (Å²) in [6, 6.07) is 5.28. The minimum absolute atomic E-state index is 0.183. The number of benzene rings is 1. The fourth-order valence-electron chi connectivity index (χ4n) is 2.76. The second-order valence-electron chi connectivity index (χ2n) is 5.31. The molecule has 2 aliphatic rings. The van der Waals surface area contributed by atoms with E-state index in [0.717, 1.165) is 48.8 Å². The second kappa shape index (κ2) is 6.59. The van der Waals surface area contributed by atoms with E-state index < -0.39 is 0 Å². The molecule has 2 fully saturated rings. The maximum atomic E-state index is 12.6. The molecule has 0 unspecified atom stereocenters. The number of aliphatic imine (C=N–C) groups is 1. The molecule has 6 heteroatoms. The Morgan fingerprint density at radius 3 is 2.71 bits per heavy atom. The van der Waals surface area contributed by atoms with Gasteiger partial charge in [-0.2, -0.15) is 0 Å². The maximum Gasteiger partial charge on any atom is 0.231 e. The van der Waals surface area contributed by atoms with Gasteiger partial charge in [-0.3, -0.25) is 9.69 Å². The van der Waals surface area contributed by atoms with Crippen molar-refractivity contribution in [3.63, 3.8) is 0 Å². The van der Waals surface area contributed by atoms with Crippen LogP contribution in [-0.2, 0) is 4.79 Å². The van der Waals surface area contributed by atoms with Crippen molar-refractivity contribution in [3.05, 3.63) is 28.2 Å². The van der Waals surface area contributed by atoms with Crippen LogP contribution in [0.1, 0.15) is 25.7 Å². The number of hydrogen-bond acceptors (Lipinski definition) is 3. The first-order valence-corrected chi connectivity index (χ1v) is 8.87. The number of carbonyl (C=O) groups excluding carboxylic acids is 1. The lowest BCUT2D eigenvalue weighted by atomic mass is 10.1. The van der Waals surface area contributed by atoms with Crippen molar-refractivity contribution < 1.29 is 4.79 Å². The van der Waals surface area contributed by atoms with Gasteiger partial charge in [0.1, 0.15) is 0 Å². The Kier molecular flexibility index (Phi) is 4.77. The molecule has 1 saturated heterocycles. The van der Waals surface area contributed by atoms with E-state index in [0.29, 0.717) is 10.0 Å². The molecule has 1 heterocycles. The summed E-state index contributed by atoms with van der Waals surface area (Å²) in [5, 5.41) is 1.78. The SMILES string of the molecule is O=C(C1CCCC1)N1CCSC1=Nc1ccc(Cl)c(Cl)c1. The van der Waals surface area contributed by atoms with Crippen LogP contribution >= 0.6 is 35.0 Å². The zero-order valence-electron chi connectivity index (χ0n) is 11.5. The van der Waals surface area contributed by atoms with Crippen molar-refractivity contribution in [1.29, 1.82) is 0 Å². The summed E-state index contributed by atoms with van der Waals surface area (Å²) in [5.74, 6) is 1.32. The number of thioether (sulfide) groups is 1. The van der Waals surface area contributed by atoms with Gasteiger partial charge >= 0.3 is 0 Å². The van der Waals surface area contributed by atoms with E-state index in [1.165, 1.54) is 0 Å². The highest BCUT2D eigenvalue weighted by Gasteiger charge is 2.32. The van der Waals surface area contributed by atoms with E-state index in [1.807, 2.05) is 11.0 Å². The van der Waals surface area contributed by atoms with Gasteiger partial charge in [0.25, 0.3) is 0 Å². The molecule has 0 N–H and O–H groups in total. The van der Waals surface area contributed by atoms with E-state index >= 15 is 0 Å². The number of nitrogens with zero attached hydrogens (tertiary/aromatic N) is 2. The molecule has 1 saturated carbocycles. The van der Waals surface area contributed by atoms with Gasteiger partial charge in [-0.05, 0) is 31.0 Å². The van der Waals surface area contributed by atoms with Crippen LogP contribution in [0, 0.1) is 5.92 Å². The van der Waals surface area contributed by atoms with Gasteiger partial charge in [0.2, 0.25) is 5.91 Å². The van der Waals surface area contributed by atoms with Crippen LogP contribution in [0.3, 0.4) is 0 Å². The first kappa shape index (κ1) is 15.2. The Bertz CT molecular complexity index is 585. The molecule has 3 nitrogen and oxygen atoms in total. The highest BCUT2D eigenvalue weighted by atomic mass is 35.5. The third-order valence-corrected chi connectivity index (χ3v) is 5.57. The molecule has 0 bridgehead atoms. The number of rotatable bonds is 2. The van der Waals surface area contributed by atoms with Crippen molar-refractivity contribution in [1.82, 2.24) is 4.90 Å². The van der Waals surface area contributed by atoms with Crippen LogP contribution in [0.15, 0.2) is 23.2 Å². The molecule has 1 aromatic carbocycles. The summed E-state index contributed by atoms with van der Waals surface area (Å²) in [6.45, 7) is 0.750. The van der Waals surface area contributed by atoms with Gasteiger partial charge in [-0.25, -0.2) is 4.99 Å². The summed E-state index contributed by atoms with van der Waals surface area (Å²) >= 11 is 13.5. The highest BCUT2D eigenvalue weighted by Crippen LogP contribution is 2.32. The molecule has 1 aromatic rings. The molecule has 1 aliphatic carbocycles. The lowest BCUT2D eigenvalue weighted by Gasteiger charge is -2.19. The van der Waals surface area contributed by atoms with Crippen LogP contribution in [0.2, 0.25) is 10.0 Å². The molecule has 1 amide bonds. The third kappa shape index (κ3) is 3.38. The lowest BCUT2D eigenvalue weighted by molar-refractivity contribution is -0.130. The van der Waals surface area contributed by atoms with E-state index in [2.05, 4.69) is 4.99 Å². The largest absolute Gasteiger partial charge is 0.290 e. The molecule has 3 rings (SSSR count). The van der Waals surface area contributed by atoms with E-state index in [4.69, 9.17) is 23.2 Å². The van der Waals surface area contributed by atoms with Crippen molar-refractivity contribution in [3.8, 4) is 0 Å². The smallest absolute Gasteiger partial charge is 0.231 e. The molecule has 0 aromatic heterocycles. The molecule has 112 valence electrons. The Morgan fingerprint density at radius 2 is 2.00 bits per heavy atom. The Morgan fingerprint density at radius 1 is 1.24 bits per heavy atom. The zero-order chi connectivity index (χ0) is 14.8. The second-order valence-corrected chi connectivity index (χ2v) is 7.19. The molecular weight excluding hydrogens is 327 g/mol. The predicted octanol–water partition coefficient (Wildman–Crippen LogP) is 4.75. The van der Waals surface area contributed by atoms with E-state index in [1.54, 1.807) is 23.9 Å². The molecule has 0 radical (unpaired) electrons. The number of amides is 1. The van der Waals surface area contributed by atoms with Crippen molar-refractivity contribution in [2.45, 2.75) is 25.7 Å². The first-order chi connectivity index (χ1) is 10.1. The Labute approximate surface area is 138 Å². The van der Waals surface area contributed by atoms with Gasteiger partial charge in [0, 0.05) is 18.2 Å². The molecular formula is C15H16Cl2N2OS. The molecule has 0 spiro atoms. The minimum Gasteiger partial charge on any atom is -0.290 e. The van der Waals surface area contributed by atoms with Crippen molar-refractivity contribution >= 4 is 51.7 Å². The lowest BCUT2D eigenvalue weighted by Crippen LogP contribution is -2.35. The van der Waals surface area contributed by atoms with Crippen LogP contribution in [0.25, 0.3) is 0 Å². The molecule has 1 aliphatic heterocycles. The van der Waals surface area contributed by atoms with Crippen LogP contribution in [0.4, 0.5) is 5.69 Å². The minimum atomic E-state index is 0.183. The summed E-state index contributed by atoms with van der Waals surface area (Å²) in [7, 11) is 0. The Balaban J connectivity index is 1.80. The summed E-state index contributed by atoms with van der Waals surface area (Å²) in [6.07, 6.45) is 4.35. The number of hydrogen-bond donors (Lipinski definition) is 0. The highest BCUT2D eigenvalue weighted by molar-refractivity contribution is 8.14. The summed E-state index contributed by atoms with van der Waals surface area (Å²) in [5.41, 5.74) is 0.734. The van der Waals surface area contributed by atoms with Gasteiger partial charge < -0.3 is 0 Å². The van der Waals surface area contributed by atoms with Gasteiger partial charge in [0.05, 0.1) is 15.7 Å². The monoisotopic (exact) mass is 342 g/mol. The predicted molar refractivity (Wildman–Crippen MR) is 89.7 cm³/mol. The maximum absolute atomic E-state index is 12.6. The van der Waals surface area contributed by atoms with Crippen LogP contribution in [0.5, 0.6) is 0 Å². The summed E-state index contributed by atoms with van der Waals surface area (Å²) in [4.78, 5) is 19.0. The third-order valence-electron chi connectivity index (χ3n) is 3.88. The van der Waals surface area contributed by atoms with Gasteiger partial charge in [-0.15, -0.1) is 0 Å². The molecule has 21 heavy (non-hydrogen) atoms. The average Bonchev–Trinajstić information content (AvgIpc) is 3.13. The standard InChI is InChI=1S/C15H16Cl2N2OS/c16-12-6-5-11(9-13(12)17)18-15-19(7-8-21-15)14(20)10-3-1-2-4-10/h5-6,9-10H,1-4,7-8H2. The zero-order valence-corrected chi connectivity index (χ0v) is 13.8. The fourth-order valence-corrected chi connectivity index (χ4v) is 4.01. The summed E-state index contributed by atoms with van der Waals surface area (Å²) < 4.78 is 0. The van der Waals surface area contributed by atoms with Crippen LogP contribution in [-0.4, -0.2) is 28.3 Å². The van der Waals surface area contributed by atoms with Crippen molar-refractivity contribution in [2.75, 3.05) is 12.3 Å². The Hall–Kier alpha value is -0.710. The topological polar surface area (TPSA) is 32.7 Å². The van der Waals surface area contributed by atoms with Crippen molar-refractivity contribution in [2.24, 2.45) is 10.9 Å².